The first-order valence-electron chi connectivity index (χ1n) is 5.29. The van der Waals surface area contributed by atoms with Crippen LogP contribution in [0.4, 0.5) is 4.39 Å². The van der Waals surface area contributed by atoms with Gasteiger partial charge in [0.15, 0.2) is 5.78 Å². The van der Waals surface area contributed by atoms with Gasteiger partial charge in [0.05, 0.1) is 0 Å². The summed E-state index contributed by atoms with van der Waals surface area (Å²) in [5.74, 6) is -0.254. The van der Waals surface area contributed by atoms with E-state index in [9.17, 15) is 9.18 Å². The van der Waals surface area contributed by atoms with E-state index >= 15 is 0 Å². The van der Waals surface area contributed by atoms with E-state index in [0.717, 1.165) is 13.6 Å². The molecular formula is C14H9BrFIO. The van der Waals surface area contributed by atoms with Crippen LogP contribution in [0.2, 0.25) is 0 Å². The zero-order chi connectivity index (χ0) is 13.1. The molecule has 0 heterocycles. The van der Waals surface area contributed by atoms with Gasteiger partial charge in [-0.05, 0) is 58.5 Å². The Kier molecular flexibility index (Phi) is 4.50. The quantitative estimate of drug-likeness (QED) is 0.525. The highest BCUT2D eigenvalue weighted by Crippen LogP contribution is 2.20. The second kappa shape index (κ2) is 5.93. The monoisotopic (exact) mass is 418 g/mol. The molecule has 1 nitrogen and oxygen atoms in total. The maximum Gasteiger partial charge on any atom is 0.168 e. The molecule has 0 aliphatic heterocycles. The van der Waals surface area contributed by atoms with Crippen LogP contribution in [-0.2, 0) is 6.42 Å². The number of Topliss-reactive ketones (excluding diaryl/α,β-unsaturated/α-hetero) is 1. The van der Waals surface area contributed by atoms with Crippen molar-refractivity contribution < 1.29 is 9.18 Å². The number of halogens is 3. The normalized spacial score (nSPS) is 10.4. The summed E-state index contributed by atoms with van der Waals surface area (Å²) in [4.78, 5) is 12.2. The number of ketones is 1. The van der Waals surface area contributed by atoms with E-state index in [4.69, 9.17) is 0 Å². The summed E-state index contributed by atoms with van der Waals surface area (Å²) in [6.07, 6.45) is 0.284. The SMILES string of the molecule is O=C(Cc1ccc(F)cc1)c1cc(Br)ccc1I. The number of hydrogen-bond acceptors (Lipinski definition) is 1. The van der Waals surface area contributed by atoms with Crippen molar-refractivity contribution >= 4 is 44.3 Å². The van der Waals surface area contributed by atoms with E-state index in [1.165, 1.54) is 12.1 Å². The molecule has 2 rings (SSSR count). The van der Waals surface area contributed by atoms with Gasteiger partial charge in [-0.15, -0.1) is 0 Å². The van der Waals surface area contributed by atoms with Gasteiger partial charge in [-0.2, -0.15) is 0 Å². The molecule has 0 bridgehead atoms. The van der Waals surface area contributed by atoms with Gasteiger partial charge in [-0.25, -0.2) is 4.39 Å². The first-order chi connectivity index (χ1) is 8.56. The third-order valence-electron chi connectivity index (χ3n) is 2.51. The molecule has 2 aromatic rings. The lowest BCUT2D eigenvalue weighted by atomic mass is 10.0. The molecule has 0 atom stereocenters. The van der Waals surface area contributed by atoms with Gasteiger partial charge in [0.2, 0.25) is 0 Å². The summed E-state index contributed by atoms with van der Waals surface area (Å²) in [6.45, 7) is 0. The Morgan fingerprint density at radius 1 is 1.17 bits per heavy atom. The van der Waals surface area contributed by atoms with Crippen LogP contribution in [-0.4, -0.2) is 5.78 Å². The molecule has 92 valence electrons. The van der Waals surface area contributed by atoms with Crippen LogP contribution >= 0.6 is 38.5 Å². The highest BCUT2D eigenvalue weighted by atomic mass is 127. The molecule has 4 heteroatoms. The Morgan fingerprint density at radius 2 is 1.83 bits per heavy atom. The standard InChI is InChI=1S/C14H9BrFIO/c15-10-3-6-13(17)12(8-10)14(18)7-9-1-4-11(16)5-2-9/h1-6,8H,7H2. The van der Waals surface area contributed by atoms with Crippen LogP contribution in [0.1, 0.15) is 15.9 Å². The maximum absolute atomic E-state index is 12.8. The fourth-order valence-corrected chi connectivity index (χ4v) is 2.59. The number of carbonyl (C=O) groups excluding carboxylic acids is 1. The molecule has 0 radical (unpaired) electrons. The number of hydrogen-bond donors (Lipinski definition) is 0. The van der Waals surface area contributed by atoms with Crippen molar-refractivity contribution in [2.24, 2.45) is 0 Å². The van der Waals surface area contributed by atoms with Crippen LogP contribution in [0.25, 0.3) is 0 Å². The predicted octanol–water partition coefficient (Wildman–Crippen LogP) is 4.62. The molecule has 0 aliphatic rings. The Hall–Kier alpha value is -0.750. The summed E-state index contributed by atoms with van der Waals surface area (Å²) in [7, 11) is 0. The van der Waals surface area contributed by atoms with Crippen molar-refractivity contribution in [2.75, 3.05) is 0 Å². The molecule has 0 fully saturated rings. The van der Waals surface area contributed by atoms with Gasteiger partial charge in [0, 0.05) is 20.0 Å². The van der Waals surface area contributed by atoms with Crippen LogP contribution in [0.5, 0.6) is 0 Å². The van der Waals surface area contributed by atoms with Crippen LogP contribution in [0, 0.1) is 9.39 Å². The van der Waals surface area contributed by atoms with Gasteiger partial charge in [0.1, 0.15) is 5.82 Å². The molecular weight excluding hydrogens is 410 g/mol. The zero-order valence-electron chi connectivity index (χ0n) is 9.29. The molecule has 0 aliphatic carbocycles. The summed E-state index contributed by atoms with van der Waals surface area (Å²) in [5, 5.41) is 0. The van der Waals surface area contributed by atoms with Crippen molar-refractivity contribution in [3.8, 4) is 0 Å². The highest BCUT2D eigenvalue weighted by Gasteiger charge is 2.11. The first-order valence-corrected chi connectivity index (χ1v) is 7.16. The Balaban J connectivity index is 2.21. The number of rotatable bonds is 3. The van der Waals surface area contributed by atoms with Crippen molar-refractivity contribution in [2.45, 2.75) is 6.42 Å². The third-order valence-corrected chi connectivity index (χ3v) is 3.94. The highest BCUT2D eigenvalue weighted by molar-refractivity contribution is 14.1. The molecule has 0 amide bonds. The minimum Gasteiger partial charge on any atom is -0.294 e. The molecule has 0 unspecified atom stereocenters. The van der Waals surface area contributed by atoms with E-state index in [1.807, 2.05) is 18.2 Å². The van der Waals surface area contributed by atoms with E-state index in [0.29, 0.717) is 5.56 Å². The smallest absolute Gasteiger partial charge is 0.168 e. The molecule has 0 spiro atoms. The molecule has 2 aromatic carbocycles. The molecule has 0 saturated carbocycles. The molecule has 0 aromatic heterocycles. The van der Waals surface area contributed by atoms with E-state index < -0.39 is 0 Å². The first kappa shape index (κ1) is 13.7. The lowest BCUT2D eigenvalue weighted by molar-refractivity contribution is 0.0992. The molecule has 0 N–H and O–H groups in total. The van der Waals surface area contributed by atoms with Crippen LogP contribution in [0.15, 0.2) is 46.9 Å². The zero-order valence-corrected chi connectivity index (χ0v) is 13.0. The van der Waals surface area contributed by atoms with Gasteiger partial charge in [0.25, 0.3) is 0 Å². The van der Waals surface area contributed by atoms with Gasteiger partial charge in [-0.3, -0.25) is 4.79 Å². The second-order valence-electron chi connectivity index (χ2n) is 3.85. The predicted molar refractivity (Wildman–Crippen MR) is 81.3 cm³/mol. The summed E-state index contributed by atoms with van der Waals surface area (Å²) in [6, 6.07) is 11.6. The van der Waals surface area contributed by atoms with Gasteiger partial charge < -0.3 is 0 Å². The average molecular weight is 419 g/mol. The van der Waals surface area contributed by atoms with Gasteiger partial charge >= 0.3 is 0 Å². The van der Waals surface area contributed by atoms with Crippen LogP contribution < -0.4 is 0 Å². The molecule has 0 saturated heterocycles. The average Bonchev–Trinajstić information content (AvgIpc) is 2.35. The van der Waals surface area contributed by atoms with Crippen LogP contribution in [0.3, 0.4) is 0 Å². The number of carbonyl (C=O) groups is 1. The second-order valence-corrected chi connectivity index (χ2v) is 5.93. The Morgan fingerprint density at radius 3 is 2.50 bits per heavy atom. The van der Waals surface area contributed by atoms with Crippen molar-refractivity contribution in [1.82, 2.24) is 0 Å². The Bertz CT molecular complexity index is 581. The van der Waals surface area contributed by atoms with E-state index in [2.05, 4.69) is 38.5 Å². The molecule has 18 heavy (non-hydrogen) atoms. The van der Waals surface area contributed by atoms with Crippen molar-refractivity contribution in [1.29, 1.82) is 0 Å². The van der Waals surface area contributed by atoms with Crippen molar-refractivity contribution in [3.05, 3.63) is 67.5 Å². The topological polar surface area (TPSA) is 17.1 Å². The fourth-order valence-electron chi connectivity index (χ4n) is 1.59. The van der Waals surface area contributed by atoms with Gasteiger partial charge in [-0.1, -0.05) is 28.1 Å². The van der Waals surface area contributed by atoms with Crippen molar-refractivity contribution in [3.63, 3.8) is 0 Å². The minimum absolute atomic E-state index is 0.0345. The summed E-state index contributed by atoms with van der Waals surface area (Å²) < 4.78 is 14.6. The summed E-state index contributed by atoms with van der Waals surface area (Å²) in [5.41, 5.74) is 1.51. The third kappa shape index (κ3) is 3.38. The minimum atomic E-state index is -0.289. The largest absolute Gasteiger partial charge is 0.294 e. The lowest BCUT2D eigenvalue weighted by Crippen LogP contribution is -2.05. The fraction of sp³-hybridized carbons (Fsp3) is 0.0714. The Labute approximate surface area is 127 Å². The maximum atomic E-state index is 12.8. The number of benzene rings is 2. The van der Waals surface area contributed by atoms with E-state index in [1.54, 1.807) is 12.1 Å². The lowest BCUT2D eigenvalue weighted by Gasteiger charge is -2.05. The summed E-state index contributed by atoms with van der Waals surface area (Å²) >= 11 is 5.49. The van der Waals surface area contributed by atoms with E-state index in [-0.39, 0.29) is 18.0 Å².